The first-order chi connectivity index (χ1) is 10.7. The number of hydrogen-bond acceptors (Lipinski definition) is 4. The van der Waals surface area contributed by atoms with Gasteiger partial charge in [0.1, 0.15) is 6.61 Å². The summed E-state index contributed by atoms with van der Waals surface area (Å²) in [5.41, 5.74) is 2.41. The fourth-order valence-corrected chi connectivity index (χ4v) is 3.10. The van der Waals surface area contributed by atoms with Crippen LogP contribution in [-0.4, -0.2) is 54.6 Å². The van der Waals surface area contributed by atoms with E-state index in [0.29, 0.717) is 19.5 Å². The first-order valence-corrected chi connectivity index (χ1v) is 8.09. The van der Waals surface area contributed by atoms with Crippen LogP contribution in [0.1, 0.15) is 32.1 Å². The van der Waals surface area contributed by atoms with E-state index in [0.717, 1.165) is 44.5 Å². The molecule has 0 spiro atoms. The second-order valence-electron chi connectivity index (χ2n) is 5.94. The molecule has 6 heteroatoms. The molecule has 0 bridgehead atoms. The van der Waals surface area contributed by atoms with E-state index in [9.17, 15) is 9.59 Å². The van der Waals surface area contributed by atoms with Gasteiger partial charge in [0.25, 0.3) is 0 Å². The molecule has 2 amide bonds. The minimum Gasteiger partial charge on any atom is -0.447 e. The Hall–Kier alpha value is -1.98. The number of piperidine rings is 1. The number of ether oxygens (including phenoxy) is 1. The van der Waals surface area contributed by atoms with Crippen LogP contribution in [0.3, 0.4) is 0 Å². The SMILES string of the molecule is O=C(OCCN1CCCCC1=O)N1C=CC2=C(CCCN2)C1. The minimum absolute atomic E-state index is 0.170. The fraction of sp³-hybridized carbons (Fsp3) is 0.625. The van der Waals surface area contributed by atoms with E-state index < -0.39 is 0 Å². The van der Waals surface area contributed by atoms with E-state index in [-0.39, 0.29) is 18.6 Å². The molecule has 0 unspecified atom stereocenters. The Kier molecular flexibility index (Phi) is 4.65. The zero-order valence-corrected chi connectivity index (χ0v) is 12.8. The third kappa shape index (κ3) is 3.43. The van der Waals surface area contributed by atoms with Gasteiger partial charge in [-0.05, 0) is 37.3 Å². The molecule has 0 aromatic rings. The van der Waals surface area contributed by atoms with Crippen molar-refractivity contribution >= 4 is 12.0 Å². The molecule has 0 aromatic heterocycles. The molecule has 6 nitrogen and oxygen atoms in total. The molecule has 3 rings (SSSR count). The number of carbonyl (C=O) groups is 2. The highest BCUT2D eigenvalue weighted by molar-refractivity contribution is 5.76. The van der Waals surface area contributed by atoms with E-state index in [4.69, 9.17) is 4.74 Å². The fourth-order valence-electron chi connectivity index (χ4n) is 3.10. The predicted molar refractivity (Wildman–Crippen MR) is 81.9 cm³/mol. The first-order valence-electron chi connectivity index (χ1n) is 8.09. The van der Waals surface area contributed by atoms with Gasteiger partial charge in [-0.25, -0.2) is 4.79 Å². The molecule has 1 N–H and O–H groups in total. The van der Waals surface area contributed by atoms with Crippen LogP contribution in [0.25, 0.3) is 0 Å². The lowest BCUT2D eigenvalue weighted by Gasteiger charge is -2.29. The highest BCUT2D eigenvalue weighted by Gasteiger charge is 2.22. The summed E-state index contributed by atoms with van der Waals surface area (Å²) in [4.78, 5) is 27.2. The quantitative estimate of drug-likeness (QED) is 0.860. The van der Waals surface area contributed by atoms with Crippen molar-refractivity contribution in [3.63, 3.8) is 0 Å². The summed E-state index contributed by atoms with van der Waals surface area (Å²) < 4.78 is 5.31. The molecule has 0 saturated carbocycles. The number of allylic oxidation sites excluding steroid dienone is 1. The summed E-state index contributed by atoms with van der Waals surface area (Å²) in [5.74, 6) is 0.170. The number of likely N-dealkylation sites (tertiary alicyclic amines) is 1. The third-order valence-electron chi connectivity index (χ3n) is 4.38. The predicted octanol–water partition coefficient (Wildman–Crippen LogP) is 1.60. The lowest BCUT2D eigenvalue weighted by Crippen LogP contribution is -2.39. The van der Waals surface area contributed by atoms with Crippen LogP contribution < -0.4 is 5.32 Å². The van der Waals surface area contributed by atoms with Crippen LogP contribution in [0.2, 0.25) is 0 Å². The van der Waals surface area contributed by atoms with Crippen molar-refractivity contribution < 1.29 is 14.3 Å². The van der Waals surface area contributed by atoms with Gasteiger partial charge in [0.2, 0.25) is 5.91 Å². The molecule has 1 fully saturated rings. The maximum Gasteiger partial charge on any atom is 0.414 e. The lowest BCUT2D eigenvalue weighted by atomic mass is 10.0. The second kappa shape index (κ2) is 6.85. The average molecular weight is 305 g/mol. The van der Waals surface area contributed by atoms with Crippen molar-refractivity contribution in [1.82, 2.24) is 15.1 Å². The van der Waals surface area contributed by atoms with Crippen molar-refractivity contribution in [2.24, 2.45) is 0 Å². The number of nitrogens with one attached hydrogen (secondary N) is 1. The summed E-state index contributed by atoms with van der Waals surface area (Å²) in [7, 11) is 0. The molecule has 3 heterocycles. The van der Waals surface area contributed by atoms with E-state index in [2.05, 4.69) is 5.32 Å². The Labute approximate surface area is 130 Å². The van der Waals surface area contributed by atoms with Crippen LogP contribution in [0.4, 0.5) is 4.79 Å². The van der Waals surface area contributed by atoms with E-state index in [1.807, 2.05) is 6.08 Å². The molecule has 3 aliphatic rings. The zero-order valence-electron chi connectivity index (χ0n) is 12.8. The standard InChI is InChI=1S/C16H23N3O3/c20-15-5-1-2-8-18(15)10-11-22-16(21)19-9-6-14-13(12-19)4-3-7-17-14/h6,9,17H,1-5,7-8,10-12H2. The first kappa shape index (κ1) is 14.9. The number of rotatable bonds is 3. The lowest BCUT2D eigenvalue weighted by molar-refractivity contribution is -0.133. The Morgan fingerprint density at radius 1 is 1.27 bits per heavy atom. The number of nitrogens with zero attached hydrogens (tertiary/aromatic N) is 2. The average Bonchev–Trinajstić information content (AvgIpc) is 2.56. The van der Waals surface area contributed by atoms with E-state index in [1.165, 1.54) is 5.57 Å². The monoisotopic (exact) mass is 305 g/mol. The molecule has 120 valence electrons. The van der Waals surface area contributed by atoms with Crippen molar-refractivity contribution in [2.45, 2.75) is 32.1 Å². The normalized spacial score (nSPS) is 21.5. The van der Waals surface area contributed by atoms with Crippen LogP contribution in [0, 0.1) is 0 Å². The van der Waals surface area contributed by atoms with Gasteiger partial charge in [-0.3, -0.25) is 9.69 Å². The Morgan fingerprint density at radius 2 is 2.18 bits per heavy atom. The maximum atomic E-state index is 12.1. The topological polar surface area (TPSA) is 61.9 Å². The van der Waals surface area contributed by atoms with Crippen LogP contribution >= 0.6 is 0 Å². The number of carbonyl (C=O) groups excluding carboxylic acids is 2. The molecule has 0 aromatic carbocycles. The summed E-state index contributed by atoms with van der Waals surface area (Å²) >= 11 is 0. The van der Waals surface area contributed by atoms with E-state index in [1.54, 1.807) is 16.0 Å². The Morgan fingerprint density at radius 3 is 3.05 bits per heavy atom. The molecule has 22 heavy (non-hydrogen) atoms. The molecule has 0 radical (unpaired) electrons. The van der Waals surface area contributed by atoms with Gasteiger partial charge in [0.05, 0.1) is 13.1 Å². The van der Waals surface area contributed by atoms with Gasteiger partial charge >= 0.3 is 6.09 Å². The second-order valence-corrected chi connectivity index (χ2v) is 5.94. The van der Waals surface area contributed by atoms with Crippen LogP contribution in [-0.2, 0) is 9.53 Å². The van der Waals surface area contributed by atoms with Gasteiger partial charge < -0.3 is 15.0 Å². The third-order valence-corrected chi connectivity index (χ3v) is 4.38. The molecule has 1 saturated heterocycles. The van der Waals surface area contributed by atoms with Gasteiger partial charge in [0.15, 0.2) is 0 Å². The van der Waals surface area contributed by atoms with Crippen molar-refractivity contribution in [3.8, 4) is 0 Å². The van der Waals surface area contributed by atoms with Gasteiger partial charge in [-0.1, -0.05) is 0 Å². The summed E-state index contributed by atoms with van der Waals surface area (Å²) in [6.45, 7) is 3.14. The molecule has 0 atom stereocenters. The highest BCUT2D eigenvalue weighted by Crippen LogP contribution is 2.21. The smallest absolute Gasteiger partial charge is 0.414 e. The molecule has 0 aliphatic carbocycles. The molecular formula is C16H23N3O3. The Bertz CT molecular complexity index is 513. The maximum absolute atomic E-state index is 12.1. The number of amides is 2. The summed E-state index contributed by atoms with van der Waals surface area (Å²) in [5, 5.41) is 3.34. The highest BCUT2D eigenvalue weighted by atomic mass is 16.6. The van der Waals surface area contributed by atoms with Gasteiger partial charge in [-0.15, -0.1) is 0 Å². The van der Waals surface area contributed by atoms with Crippen molar-refractivity contribution in [1.29, 1.82) is 0 Å². The minimum atomic E-state index is -0.335. The van der Waals surface area contributed by atoms with E-state index >= 15 is 0 Å². The Balaban J connectivity index is 1.44. The largest absolute Gasteiger partial charge is 0.447 e. The molecular weight excluding hydrogens is 282 g/mol. The summed E-state index contributed by atoms with van der Waals surface area (Å²) in [6.07, 6.45) is 8.13. The van der Waals surface area contributed by atoms with Crippen molar-refractivity contribution in [3.05, 3.63) is 23.5 Å². The zero-order chi connectivity index (χ0) is 15.4. The van der Waals surface area contributed by atoms with Gasteiger partial charge in [-0.2, -0.15) is 0 Å². The molecule has 3 aliphatic heterocycles. The van der Waals surface area contributed by atoms with Gasteiger partial charge in [0, 0.05) is 31.4 Å². The number of hydrogen-bond donors (Lipinski definition) is 1. The van der Waals surface area contributed by atoms with Crippen LogP contribution in [0.5, 0.6) is 0 Å². The summed E-state index contributed by atoms with van der Waals surface area (Å²) in [6, 6.07) is 0. The van der Waals surface area contributed by atoms with Crippen LogP contribution in [0.15, 0.2) is 23.5 Å². The van der Waals surface area contributed by atoms with Crippen molar-refractivity contribution in [2.75, 3.05) is 32.8 Å².